The Morgan fingerprint density at radius 2 is 1.46 bits per heavy atom. The number of rotatable bonds is 5. The van der Waals surface area contributed by atoms with Crippen LogP contribution in [0, 0.1) is 0 Å². The maximum Gasteiger partial charge on any atom is 0.182 e. The molecule has 0 atom stereocenters. The zero-order valence-electron chi connectivity index (χ0n) is 13.9. The molecule has 2 aromatic heterocycles. The smallest absolute Gasteiger partial charge is 0.182 e. The molecular formula is C20H16ClFN4. The molecule has 0 aliphatic rings. The summed E-state index contributed by atoms with van der Waals surface area (Å²) in [6, 6.07) is 19.5. The van der Waals surface area contributed by atoms with Crippen LogP contribution >= 0.6 is 11.6 Å². The van der Waals surface area contributed by atoms with Gasteiger partial charge in [0.05, 0.1) is 17.1 Å². The van der Waals surface area contributed by atoms with Crippen molar-refractivity contribution >= 4 is 22.6 Å². The standard InChI is InChI=1S/C20H16ClFN4/c21-17-16-18(14-8-3-1-4-9-14)25-26(13-7-12-22)20(16)24-23-19(17)15-10-5-2-6-11-15/h1-6,8-11H,7,12-13H2. The third-order valence-electron chi connectivity index (χ3n) is 4.20. The molecule has 0 saturated heterocycles. The monoisotopic (exact) mass is 366 g/mol. The van der Waals surface area contributed by atoms with Crippen molar-refractivity contribution in [2.24, 2.45) is 0 Å². The molecule has 4 rings (SSSR count). The first kappa shape index (κ1) is 16.7. The van der Waals surface area contributed by atoms with Crippen molar-refractivity contribution in [3.05, 3.63) is 65.7 Å². The third-order valence-corrected chi connectivity index (χ3v) is 4.56. The number of aryl methyl sites for hydroxylation is 1. The van der Waals surface area contributed by atoms with E-state index in [9.17, 15) is 4.39 Å². The number of alkyl halides is 1. The third kappa shape index (κ3) is 2.95. The molecule has 4 aromatic rings. The van der Waals surface area contributed by atoms with Gasteiger partial charge in [0.15, 0.2) is 5.65 Å². The van der Waals surface area contributed by atoms with Gasteiger partial charge in [0, 0.05) is 17.7 Å². The molecule has 6 heteroatoms. The van der Waals surface area contributed by atoms with E-state index in [1.807, 2.05) is 60.7 Å². The van der Waals surface area contributed by atoms with Gasteiger partial charge in [-0.1, -0.05) is 72.3 Å². The summed E-state index contributed by atoms with van der Waals surface area (Å²) in [5, 5.41) is 14.6. The Morgan fingerprint density at radius 3 is 2.08 bits per heavy atom. The molecule has 4 nitrogen and oxygen atoms in total. The highest BCUT2D eigenvalue weighted by molar-refractivity contribution is 6.38. The average molecular weight is 367 g/mol. The summed E-state index contributed by atoms with van der Waals surface area (Å²) in [7, 11) is 0. The maximum absolute atomic E-state index is 12.7. The first-order valence-corrected chi connectivity index (χ1v) is 8.77. The number of halogens is 2. The first-order chi connectivity index (χ1) is 12.8. The normalized spacial score (nSPS) is 11.2. The summed E-state index contributed by atoms with van der Waals surface area (Å²) in [5.41, 5.74) is 3.74. The molecule has 0 unspecified atom stereocenters. The minimum absolute atomic E-state index is 0.366. The fourth-order valence-electron chi connectivity index (χ4n) is 2.96. The van der Waals surface area contributed by atoms with E-state index in [0.29, 0.717) is 29.3 Å². The lowest BCUT2D eigenvalue weighted by atomic mass is 10.1. The number of benzene rings is 2. The summed E-state index contributed by atoms with van der Waals surface area (Å²) in [5.74, 6) is 0. The van der Waals surface area contributed by atoms with Crippen LogP contribution in [0.3, 0.4) is 0 Å². The van der Waals surface area contributed by atoms with E-state index >= 15 is 0 Å². The summed E-state index contributed by atoms with van der Waals surface area (Å²) in [6.07, 6.45) is 0.366. The van der Waals surface area contributed by atoms with Gasteiger partial charge in [-0.15, -0.1) is 10.2 Å². The summed E-state index contributed by atoms with van der Waals surface area (Å²) < 4.78 is 14.4. The molecule has 130 valence electrons. The fourth-order valence-corrected chi connectivity index (χ4v) is 3.28. The molecule has 0 saturated carbocycles. The Kier molecular flexibility index (Phi) is 4.63. The lowest BCUT2D eigenvalue weighted by Crippen LogP contribution is -2.03. The molecule has 0 N–H and O–H groups in total. The molecule has 2 aromatic carbocycles. The minimum Gasteiger partial charge on any atom is -0.251 e. The van der Waals surface area contributed by atoms with E-state index < -0.39 is 6.67 Å². The van der Waals surface area contributed by atoms with Gasteiger partial charge in [-0.25, -0.2) is 4.68 Å². The predicted octanol–water partition coefficient (Wildman–Crippen LogP) is 5.17. The van der Waals surface area contributed by atoms with Gasteiger partial charge in [0.2, 0.25) is 0 Å². The second-order valence-corrected chi connectivity index (χ2v) is 6.29. The van der Waals surface area contributed by atoms with Gasteiger partial charge in [-0.3, -0.25) is 4.39 Å². The molecular weight excluding hydrogens is 351 g/mol. The van der Waals surface area contributed by atoms with Crippen molar-refractivity contribution in [2.75, 3.05) is 6.67 Å². The molecule has 0 bridgehead atoms. The lowest BCUT2D eigenvalue weighted by molar-refractivity contribution is 0.438. The SMILES string of the molecule is FCCCn1nc(-c2ccccc2)c2c(Cl)c(-c3ccccc3)nnc21. The maximum atomic E-state index is 12.7. The Hall–Kier alpha value is -2.79. The van der Waals surface area contributed by atoms with Gasteiger partial charge in [0.1, 0.15) is 11.4 Å². The van der Waals surface area contributed by atoms with Crippen molar-refractivity contribution in [3.63, 3.8) is 0 Å². The zero-order valence-corrected chi connectivity index (χ0v) is 14.7. The number of fused-ring (bicyclic) bond motifs is 1. The topological polar surface area (TPSA) is 43.6 Å². The highest BCUT2D eigenvalue weighted by Gasteiger charge is 2.20. The summed E-state index contributed by atoms with van der Waals surface area (Å²) in [6.45, 7) is 0.0147. The fraction of sp³-hybridized carbons (Fsp3) is 0.150. The molecule has 0 aliphatic heterocycles. The van der Waals surface area contributed by atoms with Crippen LogP contribution in [0.1, 0.15) is 6.42 Å². The van der Waals surface area contributed by atoms with Crippen LogP contribution in [0.2, 0.25) is 5.02 Å². The minimum atomic E-state index is -0.411. The van der Waals surface area contributed by atoms with Crippen molar-refractivity contribution < 1.29 is 4.39 Å². The number of hydrogen-bond acceptors (Lipinski definition) is 3. The summed E-state index contributed by atoms with van der Waals surface area (Å²) >= 11 is 6.75. The Bertz CT molecular complexity index is 1030. The van der Waals surface area contributed by atoms with Gasteiger partial charge < -0.3 is 0 Å². The molecule has 26 heavy (non-hydrogen) atoms. The van der Waals surface area contributed by atoms with Crippen molar-refractivity contribution in [3.8, 4) is 22.5 Å². The highest BCUT2D eigenvalue weighted by atomic mass is 35.5. The van der Waals surface area contributed by atoms with Gasteiger partial charge in [-0.05, 0) is 6.42 Å². The average Bonchev–Trinajstić information content (AvgIpc) is 3.07. The van der Waals surface area contributed by atoms with Crippen LogP contribution in [0.5, 0.6) is 0 Å². The largest absolute Gasteiger partial charge is 0.251 e. The number of nitrogens with zero attached hydrogens (tertiary/aromatic N) is 4. The van der Waals surface area contributed by atoms with E-state index in [4.69, 9.17) is 11.6 Å². The second kappa shape index (κ2) is 7.22. The highest BCUT2D eigenvalue weighted by Crippen LogP contribution is 2.37. The summed E-state index contributed by atoms with van der Waals surface area (Å²) in [4.78, 5) is 0. The van der Waals surface area contributed by atoms with Crippen LogP contribution in [0.15, 0.2) is 60.7 Å². The van der Waals surface area contributed by atoms with Crippen LogP contribution in [-0.4, -0.2) is 26.7 Å². The van der Waals surface area contributed by atoms with Crippen LogP contribution in [0.25, 0.3) is 33.5 Å². The molecule has 0 fully saturated rings. The van der Waals surface area contributed by atoms with Crippen molar-refractivity contribution in [1.29, 1.82) is 0 Å². The van der Waals surface area contributed by atoms with Crippen LogP contribution in [0.4, 0.5) is 4.39 Å². The molecule has 0 spiro atoms. The molecule has 2 heterocycles. The lowest BCUT2D eigenvalue weighted by Gasteiger charge is -2.05. The van der Waals surface area contributed by atoms with Crippen LogP contribution in [-0.2, 0) is 6.54 Å². The van der Waals surface area contributed by atoms with Gasteiger partial charge >= 0.3 is 0 Å². The number of aromatic nitrogens is 4. The molecule has 0 amide bonds. The Balaban J connectivity index is 1.97. The van der Waals surface area contributed by atoms with Gasteiger partial charge in [0.25, 0.3) is 0 Å². The van der Waals surface area contributed by atoms with E-state index in [-0.39, 0.29) is 0 Å². The Morgan fingerprint density at radius 1 is 0.846 bits per heavy atom. The second-order valence-electron chi connectivity index (χ2n) is 5.91. The predicted molar refractivity (Wildman–Crippen MR) is 102 cm³/mol. The van der Waals surface area contributed by atoms with E-state index in [1.165, 1.54) is 0 Å². The first-order valence-electron chi connectivity index (χ1n) is 8.39. The molecule has 0 radical (unpaired) electrons. The number of hydrogen-bond donors (Lipinski definition) is 0. The Labute approximate surface area is 155 Å². The quantitative estimate of drug-likeness (QED) is 0.489. The van der Waals surface area contributed by atoms with E-state index in [0.717, 1.165) is 22.2 Å². The zero-order chi connectivity index (χ0) is 17.9. The van der Waals surface area contributed by atoms with E-state index in [2.05, 4.69) is 15.3 Å². The van der Waals surface area contributed by atoms with E-state index in [1.54, 1.807) is 4.68 Å². The van der Waals surface area contributed by atoms with Crippen molar-refractivity contribution in [2.45, 2.75) is 13.0 Å². The van der Waals surface area contributed by atoms with Crippen molar-refractivity contribution in [1.82, 2.24) is 20.0 Å². The molecule has 0 aliphatic carbocycles. The van der Waals surface area contributed by atoms with Crippen LogP contribution < -0.4 is 0 Å². The van der Waals surface area contributed by atoms with Gasteiger partial charge in [-0.2, -0.15) is 5.10 Å².